The van der Waals surface area contributed by atoms with E-state index in [1.165, 1.54) is 0 Å². The number of nitrogens with one attached hydrogen (secondary N) is 1. The van der Waals surface area contributed by atoms with Crippen molar-refractivity contribution in [3.8, 4) is 0 Å². The number of aryl methyl sites for hydroxylation is 2. The minimum Gasteiger partial charge on any atom is -0.310 e. The first-order valence-electron chi connectivity index (χ1n) is 8.91. The molecule has 0 aliphatic heterocycles. The van der Waals surface area contributed by atoms with Gasteiger partial charge in [0.1, 0.15) is 11.6 Å². The van der Waals surface area contributed by atoms with Gasteiger partial charge in [0.2, 0.25) is 5.91 Å². The lowest BCUT2D eigenvalue weighted by Gasteiger charge is -2.16. The number of anilines is 1. The van der Waals surface area contributed by atoms with Crippen molar-refractivity contribution >= 4 is 23.4 Å². The first-order chi connectivity index (χ1) is 13.1. The molecule has 2 heterocycles. The van der Waals surface area contributed by atoms with Crippen LogP contribution in [0.2, 0.25) is 0 Å². The fourth-order valence-electron chi connectivity index (χ4n) is 2.70. The number of alkyl halides is 3. The summed E-state index contributed by atoms with van der Waals surface area (Å²) in [6, 6.07) is 3.45. The molecule has 1 N–H and O–H groups in total. The lowest BCUT2D eigenvalue weighted by molar-refractivity contribution is -0.152. The first kappa shape index (κ1) is 21.5. The lowest BCUT2D eigenvalue weighted by atomic mass is 10.0. The predicted octanol–water partition coefficient (Wildman–Crippen LogP) is 4.97. The van der Waals surface area contributed by atoms with Crippen molar-refractivity contribution in [2.24, 2.45) is 5.92 Å². The highest BCUT2D eigenvalue weighted by Crippen LogP contribution is 2.27. The van der Waals surface area contributed by atoms with E-state index in [9.17, 15) is 18.0 Å². The molecular formula is C20H23F3N4O. The van der Waals surface area contributed by atoms with E-state index in [2.05, 4.69) is 20.3 Å². The average molecular weight is 392 g/mol. The van der Waals surface area contributed by atoms with Crippen molar-refractivity contribution in [1.29, 1.82) is 0 Å². The Labute approximate surface area is 162 Å². The van der Waals surface area contributed by atoms with Crippen LogP contribution in [0.3, 0.4) is 0 Å². The molecule has 0 spiro atoms. The molecule has 0 fully saturated rings. The van der Waals surface area contributed by atoms with Crippen molar-refractivity contribution in [2.45, 2.75) is 46.7 Å². The topological polar surface area (TPSA) is 67.8 Å². The second-order valence-corrected chi connectivity index (χ2v) is 6.66. The second-order valence-electron chi connectivity index (χ2n) is 6.66. The molecule has 0 aliphatic carbocycles. The average Bonchev–Trinajstić information content (AvgIpc) is 2.61. The number of nitrogens with zero attached hydrogens (tertiary/aromatic N) is 3. The molecule has 2 aromatic heterocycles. The molecule has 0 aliphatic rings. The summed E-state index contributed by atoms with van der Waals surface area (Å²) in [5.41, 5.74) is 3.37. The van der Waals surface area contributed by atoms with Crippen LogP contribution in [0.25, 0.3) is 11.6 Å². The van der Waals surface area contributed by atoms with E-state index < -0.39 is 24.4 Å². The minimum absolute atomic E-state index is 0.0999. The molecule has 2 aromatic rings. The molecule has 0 aromatic carbocycles. The minimum atomic E-state index is -4.38. The van der Waals surface area contributed by atoms with Gasteiger partial charge in [-0.3, -0.25) is 4.79 Å². The third kappa shape index (κ3) is 6.14. The van der Waals surface area contributed by atoms with Crippen LogP contribution in [-0.4, -0.2) is 27.0 Å². The maximum absolute atomic E-state index is 12.6. The summed E-state index contributed by atoms with van der Waals surface area (Å²) in [6.45, 7) is 7.12. The molecule has 0 radical (unpaired) electrons. The van der Waals surface area contributed by atoms with Crippen LogP contribution in [0.1, 0.15) is 49.3 Å². The summed E-state index contributed by atoms with van der Waals surface area (Å²) in [5.74, 6) is -0.911. The summed E-state index contributed by atoms with van der Waals surface area (Å²) >= 11 is 0. The van der Waals surface area contributed by atoms with Gasteiger partial charge in [0.15, 0.2) is 0 Å². The zero-order valence-corrected chi connectivity index (χ0v) is 16.3. The van der Waals surface area contributed by atoms with Crippen molar-refractivity contribution in [3.05, 3.63) is 47.2 Å². The maximum atomic E-state index is 12.6. The highest BCUT2D eigenvalue weighted by atomic mass is 19.4. The molecule has 1 atom stereocenters. The fraction of sp³-hybridized carbons (Fsp3) is 0.400. The van der Waals surface area contributed by atoms with Gasteiger partial charge in [0.05, 0.1) is 12.1 Å². The van der Waals surface area contributed by atoms with Crippen LogP contribution in [0.5, 0.6) is 0 Å². The van der Waals surface area contributed by atoms with Gasteiger partial charge < -0.3 is 5.32 Å². The van der Waals surface area contributed by atoms with Gasteiger partial charge in [-0.05, 0) is 62.1 Å². The number of hydrogen-bond donors (Lipinski definition) is 1. The van der Waals surface area contributed by atoms with Crippen molar-refractivity contribution in [3.63, 3.8) is 0 Å². The van der Waals surface area contributed by atoms with E-state index >= 15 is 0 Å². The largest absolute Gasteiger partial charge is 0.389 e. The molecule has 1 amide bonds. The number of aromatic nitrogens is 3. The number of rotatable bonds is 6. The van der Waals surface area contributed by atoms with Crippen molar-refractivity contribution < 1.29 is 18.0 Å². The molecule has 2 rings (SSSR count). The third-order valence-corrected chi connectivity index (χ3v) is 4.30. The highest BCUT2D eigenvalue weighted by Gasteiger charge is 2.34. The number of hydrogen-bond acceptors (Lipinski definition) is 4. The molecule has 0 saturated heterocycles. The van der Waals surface area contributed by atoms with E-state index in [0.29, 0.717) is 5.82 Å². The monoisotopic (exact) mass is 392 g/mol. The molecule has 0 bridgehead atoms. The van der Waals surface area contributed by atoms with Crippen LogP contribution in [0.15, 0.2) is 24.5 Å². The number of allylic oxidation sites excluding steroid dienone is 1. The van der Waals surface area contributed by atoms with Gasteiger partial charge >= 0.3 is 6.18 Å². The van der Waals surface area contributed by atoms with Gasteiger partial charge in [0, 0.05) is 18.3 Å². The van der Waals surface area contributed by atoms with Gasteiger partial charge in [-0.1, -0.05) is 6.92 Å². The van der Waals surface area contributed by atoms with E-state index in [-0.39, 0.29) is 12.2 Å². The van der Waals surface area contributed by atoms with Crippen LogP contribution >= 0.6 is 0 Å². The van der Waals surface area contributed by atoms with Crippen molar-refractivity contribution in [1.82, 2.24) is 15.0 Å². The Morgan fingerprint density at radius 1 is 1.29 bits per heavy atom. The quantitative estimate of drug-likeness (QED) is 0.754. The number of halogens is 3. The van der Waals surface area contributed by atoms with Gasteiger partial charge in [0.25, 0.3) is 0 Å². The number of carbonyl (C=O) groups is 1. The van der Waals surface area contributed by atoms with Gasteiger partial charge in [-0.25, -0.2) is 15.0 Å². The summed E-state index contributed by atoms with van der Waals surface area (Å²) in [6.07, 6.45) is -0.256. The van der Waals surface area contributed by atoms with Crippen LogP contribution in [-0.2, 0) is 4.79 Å². The number of amides is 1. The lowest BCUT2D eigenvalue weighted by Crippen LogP contribution is -2.27. The highest BCUT2D eigenvalue weighted by molar-refractivity contribution is 5.92. The van der Waals surface area contributed by atoms with Crippen LogP contribution in [0, 0.1) is 19.8 Å². The summed E-state index contributed by atoms with van der Waals surface area (Å²) in [5, 5.41) is 2.48. The molecule has 0 saturated carbocycles. The fourth-order valence-corrected chi connectivity index (χ4v) is 2.70. The smallest absolute Gasteiger partial charge is 0.310 e. The van der Waals surface area contributed by atoms with E-state index in [4.69, 9.17) is 0 Å². The molecule has 150 valence electrons. The van der Waals surface area contributed by atoms with Crippen LogP contribution in [0.4, 0.5) is 19.0 Å². The zero-order chi connectivity index (χ0) is 20.9. The molecule has 28 heavy (non-hydrogen) atoms. The normalized spacial score (nSPS) is 13.3. The molecule has 1 unspecified atom stereocenters. The predicted molar refractivity (Wildman–Crippen MR) is 102 cm³/mol. The van der Waals surface area contributed by atoms with Crippen LogP contribution < -0.4 is 5.32 Å². The van der Waals surface area contributed by atoms with E-state index in [1.54, 1.807) is 25.4 Å². The number of pyridine rings is 1. The Hall–Kier alpha value is -2.77. The summed E-state index contributed by atoms with van der Waals surface area (Å²) in [4.78, 5) is 24.7. The standard InChI is InChI=1S/C20H23F3N4O/c1-5-15(10-20(21,22)23)19(28)27-18-9-12(2)16(11-25-18)8-13(3)17-6-7-24-14(4)26-17/h6-9,11,15H,5,10H2,1-4H3,(H,25,27,28)/b13-8+. The van der Waals surface area contributed by atoms with Gasteiger partial charge in [-0.2, -0.15) is 13.2 Å². The first-order valence-corrected chi connectivity index (χ1v) is 8.91. The number of carbonyl (C=O) groups excluding carboxylic acids is 1. The molecule has 8 heteroatoms. The molecular weight excluding hydrogens is 369 g/mol. The van der Waals surface area contributed by atoms with Gasteiger partial charge in [-0.15, -0.1) is 0 Å². The maximum Gasteiger partial charge on any atom is 0.389 e. The summed E-state index contributed by atoms with van der Waals surface area (Å²) < 4.78 is 37.8. The zero-order valence-electron chi connectivity index (χ0n) is 16.3. The Morgan fingerprint density at radius 2 is 2.00 bits per heavy atom. The second kappa shape index (κ2) is 8.95. The Bertz CT molecular complexity index is 878. The molecule has 5 nitrogen and oxygen atoms in total. The van der Waals surface area contributed by atoms with E-state index in [0.717, 1.165) is 22.4 Å². The van der Waals surface area contributed by atoms with Crippen molar-refractivity contribution in [2.75, 3.05) is 5.32 Å². The Kier molecular flexibility index (Phi) is 6.88. The summed E-state index contributed by atoms with van der Waals surface area (Å²) in [7, 11) is 0. The Morgan fingerprint density at radius 3 is 2.57 bits per heavy atom. The SMILES string of the molecule is CCC(CC(F)(F)F)C(=O)Nc1cc(C)c(/C=C(\C)c2ccnc(C)n2)cn1. The Balaban J connectivity index is 2.15. The third-order valence-electron chi connectivity index (χ3n) is 4.30. The van der Waals surface area contributed by atoms with E-state index in [1.807, 2.05) is 32.9 Å².